The molecule has 0 spiro atoms. The molecule has 1 aromatic heterocycles. The zero-order valence-corrected chi connectivity index (χ0v) is 18.9. The van der Waals surface area contributed by atoms with Gasteiger partial charge in [-0.25, -0.2) is 18.4 Å². The number of halogens is 1. The number of thiazole rings is 1. The molecule has 2 aromatic rings. The second kappa shape index (κ2) is 11.5. The van der Waals surface area contributed by atoms with Gasteiger partial charge >= 0.3 is 0 Å². The van der Waals surface area contributed by atoms with Gasteiger partial charge in [-0.1, -0.05) is 18.2 Å². The highest BCUT2D eigenvalue weighted by Crippen LogP contribution is 2.12. The van der Waals surface area contributed by atoms with E-state index < -0.39 is 9.84 Å². The molecule has 0 aliphatic rings. The number of sulfone groups is 1. The van der Waals surface area contributed by atoms with E-state index in [-0.39, 0.29) is 29.7 Å². The number of hydrogen-bond donors (Lipinski definition) is 2. The van der Waals surface area contributed by atoms with Crippen LogP contribution in [0.25, 0.3) is 0 Å². The molecule has 2 rings (SSSR count). The maximum atomic E-state index is 12.2. The first kappa shape index (κ1) is 22.8. The SMILES string of the molecule is CCNC(=NCc1ncc(C)s1)NCCCS(=O)(=O)c1ccccc1.I. The van der Waals surface area contributed by atoms with Crippen LogP contribution >= 0.6 is 35.3 Å². The number of guanidine groups is 1. The van der Waals surface area contributed by atoms with Crippen molar-refractivity contribution in [1.29, 1.82) is 0 Å². The quantitative estimate of drug-likeness (QED) is 0.248. The fourth-order valence-corrected chi connectivity index (χ4v) is 4.22. The van der Waals surface area contributed by atoms with Crippen molar-refractivity contribution in [2.24, 2.45) is 4.99 Å². The maximum absolute atomic E-state index is 12.2. The summed E-state index contributed by atoms with van der Waals surface area (Å²) in [6.07, 6.45) is 2.35. The van der Waals surface area contributed by atoms with Gasteiger partial charge in [-0.15, -0.1) is 35.3 Å². The van der Waals surface area contributed by atoms with Crippen LogP contribution in [0, 0.1) is 6.92 Å². The zero-order chi connectivity index (χ0) is 18.1. The second-order valence-corrected chi connectivity index (χ2v) is 8.90. The molecule has 6 nitrogen and oxygen atoms in total. The van der Waals surface area contributed by atoms with Gasteiger partial charge < -0.3 is 10.6 Å². The minimum absolute atomic E-state index is 0. The molecule has 144 valence electrons. The van der Waals surface area contributed by atoms with Gasteiger partial charge in [0.15, 0.2) is 15.8 Å². The Morgan fingerprint density at radius 2 is 1.96 bits per heavy atom. The number of aryl methyl sites for hydroxylation is 1. The molecule has 0 saturated carbocycles. The molecule has 0 atom stereocenters. The van der Waals surface area contributed by atoms with Crippen molar-refractivity contribution in [3.63, 3.8) is 0 Å². The smallest absolute Gasteiger partial charge is 0.191 e. The minimum atomic E-state index is -3.23. The maximum Gasteiger partial charge on any atom is 0.191 e. The molecular weight excluding hydrogens is 483 g/mol. The third kappa shape index (κ3) is 7.58. The van der Waals surface area contributed by atoms with Crippen molar-refractivity contribution in [2.75, 3.05) is 18.8 Å². The topological polar surface area (TPSA) is 83.4 Å². The van der Waals surface area contributed by atoms with E-state index in [1.165, 1.54) is 0 Å². The number of aromatic nitrogens is 1. The van der Waals surface area contributed by atoms with Crippen molar-refractivity contribution in [1.82, 2.24) is 15.6 Å². The summed E-state index contributed by atoms with van der Waals surface area (Å²) in [5, 5.41) is 7.29. The van der Waals surface area contributed by atoms with Crippen LogP contribution in [-0.2, 0) is 16.4 Å². The summed E-state index contributed by atoms with van der Waals surface area (Å²) in [7, 11) is -3.23. The standard InChI is InChI=1S/C17H24N4O2S2.HI/c1-3-18-17(21-13-16-20-12-14(2)24-16)19-10-7-11-25(22,23)15-8-5-4-6-9-15;/h4-6,8-9,12H,3,7,10-11,13H2,1-2H3,(H2,18,19,21);1H. The van der Waals surface area contributed by atoms with E-state index in [1.54, 1.807) is 35.6 Å². The molecule has 2 N–H and O–H groups in total. The minimum Gasteiger partial charge on any atom is -0.357 e. The lowest BCUT2D eigenvalue weighted by atomic mass is 10.4. The van der Waals surface area contributed by atoms with Gasteiger partial charge in [0, 0.05) is 24.2 Å². The van der Waals surface area contributed by atoms with Crippen molar-refractivity contribution in [2.45, 2.75) is 31.7 Å². The van der Waals surface area contributed by atoms with Gasteiger partial charge in [-0.05, 0) is 32.4 Å². The van der Waals surface area contributed by atoms with Crippen LogP contribution in [0.4, 0.5) is 0 Å². The Bertz CT molecular complexity index is 792. The van der Waals surface area contributed by atoms with Gasteiger partial charge in [0.2, 0.25) is 0 Å². The van der Waals surface area contributed by atoms with Crippen LogP contribution in [0.1, 0.15) is 23.2 Å². The van der Waals surface area contributed by atoms with Crippen LogP contribution in [0.15, 0.2) is 46.4 Å². The highest BCUT2D eigenvalue weighted by atomic mass is 127. The highest BCUT2D eigenvalue weighted by molar-refractivity contribution is 14.0. The number of nitrogens with one attached hydrogen (secondary N) is 2. The summed E-state index contributed by atoms with van der Waals surface area (Å²) in [4.78, 5) is 10.3. The average molecular weight is 508 g/mol. The predicted octanol–water partition coefficient (Wildman–Crippen LogP) is 2.99. The first-order valence-corrected chi connectivity index (χ1v) is 10.7. The molecule has 0 aliphatic carbocycles. The lowest BCUT2D eigenvalue weighted by Gasteiger charge is -2.11. The summed E-state index contributed by atoms with van der Waals surface area (Å²) >= 11 is 1.62. The molecule has 0 amide bonds. The fourth-order valence-electron chi connectivity index (χ4n) is 2.18. The molecule has 0 fully saturated rings. The number of hydrogen-bond acceptors (Lipinski definition) is 5. The van der Waals surface area contributed by atoms with Crippen molar-refractivity contribution in [3.05, 3.63) is 46.4 Å². The van der Waals surface area contributed by atoms with E-state index >= 15 is 0 Å². The Balaban J connectivity index is 0.00000338. The normalized spacial score (nSPS) is 11.7. The lowest BCUT2D eigenvalue weighted by molar-refractivity contribution is 0.592. The van der Waals surface area contributed by atoms with E-state index in [4.69, 9.17) is 0 Å². The van der Waals surface area contributed by atoms with Crippen LogP contribution in [0.2, 0.25) is 0 Å². The molecule has 26 heavy (non-hydrogen) atoms. The Morgan fingerprint density at radius 3 is 2.58 bits per heavy atom. The summed E-state index contributed by atoms with van der Waals surface area (Å²) in [6.45, 7) is 5.79. The van der Waals surface area contributed by atoms with E-state index in [2.05, 4.69) is 20.6 Å². The van der Waals surface area contributed by atoms with Gasteiger partial charge in [0.1, 0.15) is 5.01 Å². The summed E-state index contributed by atoms with van der Waals surface area (Å²) in [5.74, 6) is 0.780. The Hall–Kier alpha value is -1.20. The zero-order valence-electron chi connectivity index (χ0n) is 14.9. The van der Waals surface area contributed by atoms with E-state index in [0.29, 0.717) is 30.4 Å². The van der Waals surface area contributed by atoms with Crippen molar-refractivity contribution < 1.29 is 8.42 Å². The van der Waals surface area contributed by atoms with E-state index in [9.17, 15) is 8.42 Å². The molecule has 9 heteroatoms. The Morgan fingerprint density at radius 1 is 1.23 bits per heavy atom. The second-order valence-electron chi connectivity index (χ2n) is 5.47. The molecule has 0 unspecified atom stereocenters. The van der Waals surface area contributed by atoms with Crippen LogP contribution < -0.4 is 10.6 Å². The Kier molecular flexibility index (Phi) is 10.1. The number of nitrogens with zero attached hydrogens (tertiary/aromatic N) is 2. The van der Waals surface area contributed by atoms with Crippen molar-refractivity contribution >= 4 is 51.1 Å². The molecular formula is C17H25IN4O2S2. The first-order chi connectivity index (χ1) is 12.0. The average Bonchev–Trinajstić information content (AvgIpc) is 3.02. The lowest BCUT2D eigenvalue weighted by Crippen LogP contribution is -2.38. The highest BCUT2D eigenvalue weighted by Gasteiger charge is 2.13. The predicted molar refractivity (Wildman–Crippen MR) is 118 cm³/mol. The first-order valence-electron chi connectivity index (χ1n) is 8.22. The number of benzene rings is 1. The Labute approximate surface area is 176 Å². The summed E-state index contributed by atoms with van der Waals surface area (Å²) in [6, 6.07) is 8.54. The third-order valence-corrected chi connectivity index (χ3v) is 6.08. The number of aliphatic imine (C=N–C) groups is 1. The van der Waals surface area contributed by atoms with Crippen LogP contribution in [0.3, 0.4) is 0 Å². The van der Waals surface area contributed by atoms with Crippen LogP contribution in [-0.4, -0.2) is 38.2 Å². The monoisotopic (exact) mass is 508 g/mol. The largest absolute Gasteiger partial charge is 0.357 e. The number of rotatable bonds is 8. The van der Waals surface area contributed by atoms with Crippen LogP contribution in [0.5, 0.6) is 0 Å². The van der Waals surface area contributed by atoms with Gasteiger partial charge in [0.05, 0.1) is 17.2 Å². The molecule has 0 bridgehead atoms. The molecule has 1 aromatic carbocycles. The molecule has 0 radical (unpaired) electrons. The third-order valence-electron chi connectivity index (χ3n) is 3.37. The molecule has 0 saturated heterocycles. The summed E-state index contributed by atoms with van der Waals surface area (Å²) in [5.41, 5.74) is 0. The summed E-state index contributed by atoms with van der Waals surface area (Å²) < 4.78 is 24.5. The van der Waals surface area contributed by atoms with Gasteiger partial charge in [0.25, 0.3) is 0 Å². The molecule has 0 aliphatic heterocycles. The fraction of sp³-hybridized carbons (Fsp3) is 0.412. The van der Waals surface area contributed by atoms with E-state index in [1.807, 2.05) is 26.1 Å². The molecule has 1 heterocycles. The van der Waals surface area contributed by atoms with E-state index in [0.717, 1.165) is 16.4 Å². The van der Waals surface area contributed by atoms with Gasteiger partial charge in [-0.3, -0.25) is 0 Å². The van der Waals surface area contributed by atoms with Crippen molar-refractivity contribution in [3.8, 4) is 0 Å². The van der Waals surface area contributed by atoms with Gasteiger partial charge in [-0.2, -0.15) is 0 Å².